The Kier molecular flexibility index (Phi) is 1.83. The number of aromatic nitrogens is 1. The first-order chi connectivity index (χ1) is 4.20. The zero-order valence-corrected chi connectivity index (χ0v) is 6.40. The largest absolute Gasteiger partial charge is 0.323 e. The minimum atomic E-state index is 0.135. The van der Waals surface area contributed by atoms with E-state index in [4.69, 9.17) is 5.73 Å². The first-order valence-corrected chi connectivity index (χ1v) is 3.66. The standard InChI is InChI=1S/C6H10N2S/c1-4-3-6(5(2)7)9-8-4/h3,5H,7H2,1-2H3. The van der Waals surface area contributed by atoms with Crippen LogP contribution in [-0.2, 0) is 0 Å². The Morgan fingerprint density at radius 2 is 2.44 bits per heavy atom. The van der Waals surface area contributed by atoms with Crippen molar-refractivity contribution in [2.45, 2.75) is 19.9 Å². The summed E-state index contributed by atoms with van der Waals surface area (Å²) in [7, 11) is 0. The third-order valence-electron chi connectivity index (χ3n) is 1.09. The molecular formula is C6H10N2S. The van der Waals surface area contributed by atoms with Gasteiger partial charge in [0.1, 0.15) is 0 Å². The fourth-order valence-corrected chi connectivity index (χ4v) is 1.29. The van der Waals surface area contributed by atoms with Gasteiger partial charge in [-0.05, 0) is 31.4 Å². The van der Waals surface area contributed by atoms with E-state index in [1.165, 1.54) is 11.5 Å². The number of nitrogens with zero attached hydrogens (tertiary/aromatic N) is 1. The van der Waals surface area contributed by atoms with E-state index in [1.54, 1.807) is 0 Å². The van der Waals surface area contributed by atoms with Gasteiger partial charge in [0.25, 0.3) is 0 Å². The van der Waals surface area contributed by atoms with E-state index in [2.05, 4.69) is 4.37 Å². The molecule has 1 aromatic rings. The summed E-state index contributed by atoms with van der Waals surface area (Å²) in [6, 6.07) is 2.16. The molecule has 0 fully saturated rings. The quantitative estimate of drug-likeness (QED) is 0.645. The molecule has 1 atom stereocenters. The van der Waals surface area contributed by atoms with Gasteiger partial charge in [-0.2, -0.15) is 4.37 Å². The van der Waals surface area contributed by atoms with Crippen LogP contribution >= 0.6 is 11.5 Å². The summed E-state index contributed by atoms with van der Waals surface area (Å²) in [6.45, 7) is 3.94. The molecule has 0 radical (unpaired) electrons. The minimum Gasteiger partial charge on any atom is -0.323 e. The Morgan fingerprint density at radius 3 is 2.67 bits per heavy atom. The van der Waals surface area contributed by atoms with Gasteiger partial charge in [-0.3, -0.25) is 0 Å². The van der Waals surface area contributed by atoms with Gasteiger partial charge in [-0.25, -0.2) is 0 Å². The molecule has 0 aliphatic heterocycles. The molecule has 9 heavy (non-hydrogen) atoms. The van der Waals surface area contributed by atoms with Crippen molar-refractivity contribution < 1.29 is 0 Å². The van der Waals surface area contributed by atoms with Crippen molar-refractivity contribution in [2.75, 3.05) is 0 Å². The molecule has 1 unspecified atom stereocenters. The van der Waals surface area contributed by atoms with Crippen LogP contribution in [0.4, 0.5) is 0 Å². The van der Waals surface area contributed by atoms with E-state index >= 15 is 0 Å². The van der Waals surface area contributed by atoms with Gasteiger partial charge in [0.15, 0.2) is 0 Å². The SMILES string of the molecule is Cc1cc(C(C)N)sn1. The molecule has 0 saturated heterocycles. The van der Waals surface area contributed by atoms with Crippen molar-refractivity contribution >= 4 is 11.5 Å². The third-order valence-corrected chi connectivity index (χ3v) is 2.17. The molecule has 0 spiro atoms. The molecule has 1 heterocycles. The summed E-state index contributed by atoms with van der Waals surface area (Å²) in [4.78, 5) is 1.16. The zero-order valence-electron chi connectivity index (χ0n) is 5.59. The molecule has 0 bridgehead atoms. The van der Waals surface area contributed by atoms with E-state index in [-0.39, 0.29) is 6.04 Å². The molecule has 1 rings (SSSR count). The normalized spacial score (nSPS) is 13.7. The van der Waals surface area contributed by atoms with Crippen LogP contribution in [0.15, 0.2) is 6.07 Å². The van der Waals surface area contributed by atoms with E-state index in [0.29, 0.717) is 0 Å². The maximum atomic E-state index is 5.60. The Hall–Kier alpha value is -0.410. The van der Waals surface area contributed by atoms with Crippen molar-refractivity contribution in [1.29, 1.82) is 0 Å². The van der Waals surface area contributed by atoms with E-state index < -0.39 is 0 Å². The average Bonchev–Trinajstić information content (AvgIpc) is 2.14. The molecule has 2 N–H and O–H groups in total. The minimum absolute atomic E-state index is 0.135. The summed E-state index contributed by atoms with van der Waals surface area (Å²) in [5, 5.41) is 0. The van der Waals surface area contributed by atoms with Crippen LogP contribution in [0.2, 0.25) is 0 Å². The summed E-state index contributed by atoms with van der Waals surface area (Å²) in [5.41, 5.74) is 6.66. The second-order valence-corrected chi connectivity index (χ2v) is 3.00. The number of nitrogens with two attached hydrogens (primary N) is 1. The lowest BCUT2D eigenvalue weighted by molar-refractivity contribution is 0.838. The summed E-state index contributed by atoms with van der Waals surface area (Å²) in [5.74, 6) is 0. The highest BCUT2D eigenvalue weighted by Crippen LogP contribution is 2.15. The first-order valence-electron chi connectivity index (χ1n) is 2.89. The van der Waals surface area contributed by atoms with E-state index in [0.717, 1.165) is 10.6 Å². The Morgan fingerprint density at radius 1 is 1.78 bits per heavy atom. The molecule has 50 valence electrons. The van der Waals surface area contributed by atoms with Gasteiger partial charge in [0, 0.05) is 10.9 Å². The fraction of sp³-hybridized carbons (Fsp3) is 0.500. The van der Waals surface area contributed by atoms with Crippen LogP contribution in [0.5, 0.6) is 0 Å². The predicted molar refractivity (Wildman–Crippen MR) is 39.5 cm³/mol. The molecule has 0 aliphatic carbocycles. The first kappa shape index (κ1) is 6.71. The number of hydrogen-bond donors (Lipinski definition) is 1. The summed E-state index contributed by atoms with van der Waals surface area (Å²) < 4.78 is 4.10. The van der Waals surface area contributed by atoms with E-state index in [9.17, 15) is 0 Å². The molecule has 2 nitrogen and oxygen atoms in total. The van der Waals surface area contributed by atoms with Crippen LogP contribution in [0.3, 0.4) is 0 Å². The Labute approximate surface area is 58.9 Å². The molecule has 0 aromatic carbocycles. The van der Waals surface area contributed by atoms with Crippen molar-refractivity contribution in [3.8, 4) is 0 Å². The second kappa shape index (κ2) is 2.45. The molecule has 0 saturated carbocycles. The van der Waals surface area contributed by atoms with Gasteiger partial charge in [-0.1, -0.05) is 0 Å². The average molecular weight is 142 g/mol. The van der Waals surface area contributed by atoms with Gasteiger partial charge >= 0.3 is 0 Å². The van der Waals surface area contributed by atoms with Gasteiger partial charge in [0.2, 0.25) is 0 Å². The molecule has 3 heteroatoms. The predicted octanol–water partition coefficient (Wildman–Crippen LogP) is 1.47. The van der Waals surface area contributed by atoms with Crippen molar-refractivity contribution in [1.82, 2.24) is 4.37 Å². The number of aryl methyl sites for hydroxylation is 1. The van der Waals surface area contributed by atoms with Gasteiger partial charge < -0.3 is 5.73 Å². The zero-order chi connectivity index (χ0) is 6.85. The molecule has 0 amide bonds. The van der Waals surface area contributed by atoms with E-state index in [1.807, 2.05) is 19.9 Å². The smallest absolute Gasteiger partial charge is 0.0514 e. The number of hydrogen-bond acceptors (Lipinski definition) is 3. The van der Waals surface area contributed by atoms with Crippen molar-refractivity contribution in [2.24, 2.45) is 5.73 Å². The molecule has 1 aromatic heterocycles. The topological polar surface area (TPSA) is 38.9 Å². The highest BCUT2D eigenvalue weighted by molar-refractivity contribution is 7.05. The maximum absolute atomic E-state index is 5.60. The lowest BCUT2D eigenvalue weighted by Gasteiger charge is -1.95. The van der Waals surface area contributed by atoms with Gasteiger partial charge in [0.05, 0.1) is 5.69 Å². The summed E-state index contributed by atoms with van der Waals surface area (Å²) >= 11 is 1.48. The molecular weight excluding hydrogens is 132 g/mol. The van der Waals surface area contributed by atoms with Crippen LogP contribution in [0.25, 0.3) is 0 Å². The molecule has 0 aliphatic rings. The van der Waals surface area contributed by atoms with Crippen LogP contribution in [-0.4, -0.2) is 4.37 Å². The lowest BCUT2D eigenvalue weighted by Crippen LogP contribution is -2.01. The van der Waals surface area contributed by atoms with Crippen molar-refractivity contribution in [3.05, 3.63) is 16.6 Å². The highest BCUT2D eigenvalue weighted by atomic mass is 32.1. The highest BCUT2D eigenvalue weighted by Gasteiger charge is 2.01. The monoisotopic (exact) mass is 142 g/mol. The second-order valence-electron chi connectivity index (χ2n) is 2.16. The number of rotatable bonds is 1. The van der Waals surface area contributed by atoms with Gasteiger partial charge in [-0.15, -0.1) is 0 Å². The Balaban J connectivity index is 2.85. The van der Waals surface area contributed by atoms with Crippen LogP contribution in [0.1, 0.15) is 23.5 Å². The van der Waals surface area contributed by atoms with Crippen molar-refractivity contribution in [3.63, 3.8) is 0 Å². The fourth-order valence-electron chi connectivity index (χ4n) is 0.598. The lowest BCUT2D eigenvalue weighted by atomic mass is 10.3. The summed E-state index contributed by atoms with van der Waals surface area (Å²) in [6.07, 6.45) is 0. The maximum Gasteiger partial charge on any atom is 0.0514 e. The Bertz CT molecular complexity index is 193. The third kappa shape index (κ3) is 1.50. The van der Waals surface area contributed by atoms with Crippen LogP contribution in [0, 0.1) is 6.92 Å². The van der Waals surface area contributed by atoms with Crippen LogP contribution < -0.4 is 5.73 Å².